The van der Waals surface area contributed by atoms with Crippen LogP contribution in [0.5, 0.6) is 0 Å². The fourth-order valence-corrected chi connectivity index (χ4v) is 2.98. The topological polar surface area (TPSA) is 32.8 Å². The average molecular weight is 284 g/mol. The zero-order valence-corrected chi connectivity index (χ0v) is 13.6. The molecule has 1 N–H and O–H groups in total. The fraction of sp³-hybridized carbons (Fsp3) is 1.00. The Hall–Kier alpha value is -0.0800. The first-order chi connectivity index (χ1) is 9.88. The number of unbranched alkanes of at least 4 members (excludes halogenated alkanes) is 10. The van der Waals surface area contributed by atoms with Crippen molar-refractivity contribution in [3.63, 3.8) is 0 Å². The molecule has 0 aliphatic carbocycles. The maximum atomic E-state index is 8.69. The highest BCUT2D eigenvalue weighted by atomic mass is 16.6. The van der Waals surface area contributed by atoms with Crippen molar-refractivity contribution in [2.24, 2.45) is 0 Å². The molecule has 0 saturated carbocycles. The van der Waals surface area contributed by atoms with E-state index in [1.54, 1.807) is 0 Å². The molecule has 0 amide bonds. The van der Waals surface area contributed by atoms with E-state index in [1.807, 2.05) is 0 Å². The zero-order chi connectivity index (χ0) is 14.5. The van der Waals surface area contributed by atoms with E-state index in [2.05, 4.69) is 6.92 Å². The zero-order valence-electron chi connectivity index (χ0n) is 13.6. The van der Waals surface area contributed by atoms with Gasteiger partial charge in [-0.3, -0.25) is 0 Å². The predicted octanol–water partition coefficient (Wildman–Crippen LogP) is 5.23. The minimum Gasteiger partial charge on any atom is -0.396 e. The molecule has 1 fully saturated rings. The van der Waals surface area contributed by atoms with Crippen LogP contribution in [0.1, 0.15) is 96.8 Å². The van der Waals surface area contributed by atoms with E-state index in [4.69, 9.17) is 9.84 Å². The second-order valence-corrected chi connectivity index (χ2v) is 6.40. The fourth-order valence-electron chi connectivity index (χ4n) is 2.98. The molecular weight excluding hydrogens is 248 g/mol. The lowest BCUT2D eigenvalue weighted by Crippen LogP contribution is -1.95. The van der Waals surface area contributed by atoms with Crippen LogP contribution in [-0.2, 0) is 4.74 Å². The summed E-state index contributed by atoms with van der Waals surface area (Å²) in [6.45, 7) is 2.63. The van der Waals surface area contributed by atoms with Gasteiger partial charge in [-0.15, -0.1) is 0 Å². The van der Waals surface area contributed by atoms with Crippen LogP contribution in [0, 0.1) is 0 Å². The van der Waals surface area contributed by atoms with Gasteiger partial charge in [0.05, 0.1) is 12.2 Å². The van der Waals surface area contributed by atoms with E-state index in [9.17, 15) is 0 Å². The maximum Gasteiger partial charge on any atom is 0.0841 e. The molecule has 1 aliphatic heterocycles. The SMILES string of the molecule is CCCCCCCC[C@@H]1O[C@@H]1CCCCCCCCO. The normalized spacial score (nSPS) is 21.3. The molecule has 2 heteroatoms. The highest BCUT2D eigenvalue weighted by Gasteiger charge is 2.36. The third-order valence-corrected chi connectivity index (χ3v) is 4.43. The highest BCUT2D eigenvalue weighted by molar-refractivity contribution is 4.84. The molecule has 0 radical (unpaired) electrons. The second-order valence-electron chi connectivity index (χ2n) is 6.40. The molecule has 1 aliphatic rings. The standard InChI is InChI=1S/C18H36O2/c1-2-3-4-5-8-11-14-17-18(20-17)15-12-9-6-7-10-13-16-19/h17-19H,2-16H2,1H3/t17-,18+/m0/s1. The van der Waals surface area contributed by atoms with Crippen LogP contribution in [0.2, 0.25) is 0 Å². The smallest absolute Gasteiger partial charge is 0.0841 e. The predicted molar refractivity (Wildman–Crippen MR) is 86.1 cm³/mol. The Kier molecular flexibility index (Phi) is 11.4. The minimum atomic E-state index is 0.357. The summed E-state index contributed by atoms with van der Waals surface area (Å²) in [6, 6.07) is 0. The largest absolute Gasteiger partial charge is 0.396 e. The van der Waals surface area contributed by atoms with Crippen LogP contribution in [0.3, 0.4) is 0 Å². The quantitative estimate of drug-likeness (QED) is 0.330. The molecule has 1 heterocycles. The summed E-state index contributed by atoms with van der Waals surface area (Å²) in [5.74, 6) is 0. The van der Waals surface area contributed by atoms with Gasteiger partial charge in [0.25, 0.3) is 0 Å². The van der Waals surface area contributed by atoms with Crippen LogP contribution in [-0.4, -0.2) is 23.9 Å². The number of aliphatic hydroxyl groups excluding tert-OH is 1. The van der Waals surface area contributed by atoms with Crippen molar-refractivity contribution >= 4 is 0 Å². The van der Waals surface area contributed by atoms with Gasteiger partial charge in [-0.25, -0.2) is 0 Å². The first kappa shape index (κ1) is 18.0. The van der Waals surface area contributed by atoms with E-state index >= 15 is 0 Å². The molecule has 1 saturated heterocycles. The van der Waals surface area contributed by atoms with Gasteiger partial charge < -0.3 is 9.84 Å². The molecule has 0 aromatic rings. The number of hydrogen-bond acceptors (Lipinski definition) is 2. The third kappa shape index (κ3) is 9.77. The second kappa shape index (κ2) is 12.6. The summed E-state index contributed by atoms with van der Waals surface area (Å²) < 4.78 is 5.76. The maximum absolute atomic E-state index is 8.69. The summed E-state index contributed by atoms with van der Waals surface area (Å²) in [4.78, 5) is 0. The van der Waals surface area contributed by atoms with Crippen LogP contribution >= 0.6 is 0 Å². The van der Waals surface area contributed by atoms with Crippen molar-refractivity contribution < 1.29 is 9.84 Å². The van der Waals surface area contributed by atoms with E-state index in [1.165, 1.54) is 83.5 Å². The van der Waals surface area contributed by atoms with Gasteiger partial charge in [0.2, 0.25) is 0 Å². The van der Waals surface area contributed by atoms with Crippen LogP contribution in [0.15, 0.2) is 0 Å². The van der Waals surface area contributed by atoms with Crippen molar-refractivity contribution in [2.45, 2.75) is 109 Å². The Bertz CT molecular complexity index is 206. The number of rotatable bonds is 15. The summed E-state index contributed by atoms with van der Waals surface area (Å²) in [5.41, 5.74) is 0. The van der Waals surface area contributed by atoms with Crippen molar-refractivity contribution in [1.82, 2.24) is 0 Å². The Balaban J connectivity index is 1.75. The Morgan fingerprint density at radius 3 is 1.60 bits per heavy atom. The number of aliphatic hydroxyl groups is 1. The summed E-state index contributed by atoms with van der Waals surface area (Å²) in [5, 5.41) is 8.69. The van der Waals surface area contributed by atoms with E-state index in [0.29, 0.717) is 18.8 Å². The van der Waals surface area contributed by atoms with Gasteiger partial charge >= 0.3 is 0 Å². The van der Waals surface area contributed by atoms with Crippen molar-refractivity contribution in [2.75, 3.05) is 6.61 Å². The molecule has 0 unspecified atom stereocenters. The summed E-state index contributed by atoms with van der Waals surface area (Å²) in [6.07, 6.45) is 19.6. The minimum absolute atomic E-state index is 0.357. The molecule has 1 rings (SSSR count). The monoisotopic (exact) mass is 284 g/mol. The molecule has 120 valence electrons. The molecular formula is C18H36O2. The molecule has 2 atom stereocenters. The van der Waals surface area contributed by atoms with E-state index in [-0.39, 0.29) is 0 Å². The summed E-state index contributed by atoms with van der Waals surface area (Å²) >= 11 is 0. The molecule has 0 spiro atoms. The lowest BCUT2D eigenvalue weighted by Gasteiger charge is -2.00. The number of hydrogen-bond donors (Lipinski definition) is 1. The average Bonchev–Trinajstić information content (AvgIpc) is 3.20. The van der Waals surface area contributed by atoms with Gasteiger partial charge in [0.1, 0.15) is 0 Å². The van der Waals surface area contributed by atoms with Crippen molar-refractivity contribution in [3.05, 3.63) is 0 Å². The number of ether oxygens (including phenoxy) is 1. The molecule has 2 nitrogen and oxygen atoms in total. The Morgan fingerprint density at radius 1 is 0.650 bits per heavy atom. The Labute approximate surface area is 126 Å². The van der Waals surface area contributed by atoms with Gasteiger partial charge in [-0.2, -0.15) is 0 Å². The van der Waals surface area contributed by atoms with Crippen molar-refractivity contribution in [3.8, 4) is 0 Å². The first-order valence-corrected chi connectivity index (χ1v) is 9.14. The molecule has 0 bridgehead atoms. The van der Waals surface area contributed by atoms with Crippen LogP contribution in [0.25, 0.3) is 0 Å². The Morgan fingerprint density at radius 2 is 1.10 bits per heavy atom. The molecule has 0 aromatic carbocycles. The van der Waals surface area contributed by atoms with E-state index in [0.717, 1.165) is 6.42 Å². The van der Waals surface area contributed by atoms with Crippen LogP contribution < -0.4 is 0 Å². The lowest BCUT2D eigenvalue weighted by molar-refractivity contribution is 0.282. The molecule has 20 heavy (non-hydrogen) atoms. The van der Waals surface area contributed by atoms with Gasteiger partial charge in [0, 0.05) is 6.61 Å². The lowest BCUT2D eigenvalue weighted by atomic mass is 10.0. The van der Waals surface area contributed by atoms with E-state index < -0.39 is 0 Å². The van der Waals surface area contributed by atoms with Gasteiger partial charge in [-0.05, 0) is 19.3 Å². The van der Waals surface area contributed by atoms with Crippen molar-refractivity contribution in [1.29, 1.82) is 0 Å². The van der Waals surface area contributed by atoms with Crippen LogP contribution in [0.4, 0.5) is 0 Å². The third-order valence-electron chi connectivity index (χ3n) is 4.43. The summed E-state index contributed by atoms with van der Waals surface area (Å²) in [7, 11) is 0. The van der Waals surface area contributed by atoms with Gasteiger partial charge in [0.15, 0.2) is 0 Å². The number of epoxide rings is 1. The highest BCUT2D eigenvalue weighted by Crippen LogP contribution is 2.31. The first-order valence-electron chi connectivity index (χ1n) is 9.14. The molecule has 0 aromatic heterocycles. The van der Waals surface area contributed by atoms with Gasteiger partial charge in [-0.1, -0.05) is 77.6 Å².